The maximum atomic E-state index is 13.0. The van der Waals surface area contributed by atoms with Gasteiger partial charge in [-0.25, -0.2) is 4.57 Å². The summed E-state index contributed by atoms with van der Waals surface area (Å²) in [6, 6.07) is -0.754. The van der Waals surface area contributed by atoms with E-state index in [9.17, 15) is 19.4 Å². The van der Waals surface area contributed by atoms with Crippen LogP contribution in [0.25, 0.3) is 0 Å². The molecule has 0 aromatic carbocycles. The Balaban J connectivity index is 4.15. The minimum absolute atomic E-state index is 0.0791. The molecule has 0 aromatic heterocycles. The SMILES string of the molecule is CCCCCCCCCCCCCCCCCCCCCCCCC(=O)NC(COP(=O)(O)OCC[N+](C)(C)C)C(O)CCCCCCCCCCCCCCCCCCCCC. The summed E-state index contributed by atoms with van der Waals surface area (Å²) in [5, 5.41) is 14.1. The highest BCUT2D eigenvalue weighted by atomic mass is 31.2. The van der Waals surface area contributed by atoms with E-state index < -0.39 is 20.0 Å². The van der Waals surface area contributed by atoms with Crippen LogP contribution in [0.5, 0.6) is 0 Å². The molecule has 9 heteroatoms. The maximum Gasteiger partial charge on any atom is 0.472 e. The number of quaternary nitrogens is 1. The highest BCUT2D eigenvalue weighted by Gasteiger charge is 2.28. The van der Waals surface area contributed by atoms with E-state index in [0.29, 0.717) is 23.9 Å². The zero-order valence-corrected chi connectivity index (χ0v) is 44.0. The molecule has 0 aliphatic carbocycles. The van der Waals surface area contributed by atoms with Crippen LogP contribution in [-0.4, -0.2) is 73.4 Å². The van der Waals surface area contributed by atoms with Gasteiger partial charge in [0.05, 0.1) is 39.9 Å². The maximum absolute atomic E-state index is 13.0. The predicted octanol–water partition coefficient (Wildman–Crippen LogP) is 16.5. The molecule has 0 saturated carbocycles. The molecule has 0 rings (SSSR count). The lowest BCUT2D eigenvalue weighted by Crippen LogP contribution is -2.46. The number of carbonyl (C=O) groups is 1. The van der Waals surface area contributed by atoms with Crippen LogP contribution in [0.1, 0.15) is 290 Å². The average molecular weight is 916 g/mol. The van der Waals surface area contributed by atoms with Gasteiger partial charge in [0.1, 0.15) is 13.2 Å². The van der Waals surface area contributed by atoms with Crippen molar-refractivity contribution < 1.29 is 32.9 Å². The largest absolute Gasteiger partial charge is 0.472 e. The van der Waals surface area contributed by atoms with Crippen LogP contribution in [0.15, 0.2) is 0 Å². The van der Waals surface area contributed by atoms with Crippen molar-refractivity contribution in [3.05, 3.63) is 0 Å². The molecule has 0 radical (unpaired) electrons. The minimum Gasteiger partial charge on any atom is -0.391 e. The highest BCUT2D eigenvalue weighted by Crippen LogP contribution is 2.43. The molecule has 0 aromatic rings. The van der Waals surface area contributed by atoms with E-state index in [0.717, 1.165) is 38.5 Å². The number of amides is 1. The van der Waals surface area contributed by atoms with Crippen molar-refractivity contribution in [3.63, 3.8) is 0 Å². The fourth-order valence-corrected chi connectivity index (χ4v) is 9.43. The summed E-state index contributed by atoms with van der Waals surface area (Å²) in [6.07, 6.45) is 54.3. The Morgan fingerprint density at radius 2 is 0.762 bits per heavy atom. The van der Waals surface area contributed by atoms with Crippen molar-refractivity contribution in [3.8, 4) is 0 Å². The van der Waals surface area contributed by atoms with Crippen LogP contribution < -0.4 is 5.32 Å². The summed E-state index contributed by atoms with van der Waals surface area (Å²) in [5.74, 6) is -0.136. The molecular formula is C54H112N2O6P+. The Morgan fingerprint density at radius 1 is 0.476 bits per heavy atom. The van der Waals surface area contributed by atoms with E-state index in [4.69, 9.17) is 9.05 Å². The summed E-state index contributed by atoms with van der Waals surface area (Å²) in [7, 11) is 1.64. The summed E-state index contributed by atoms with van der Waals surface area (Å²) in [4.78, 5) is 23.3. The van der Waals surface area contributed by atoms with Crippen molar-refractivity contribution in [2.75, 3.05) is 40.9 Å². The molecule has 0 aliphatic heterocycles. The van der Waals surface area contributed by atoms with E-state index in [1.807, 2.05) is 21.1 Å². The van der Waals surface area contributed by atoms with Gasteiger partial charge in [-0.05, 0) is 12.8 Å². The van der Waals surface area contributed by atoms with Crippen LogP contribution in [0.3, 0.4) is 0 Å². The first-order valence-corrected chi connectivity index (χ1v) is 29.4. The lowest BCUT2D eigenvalue weighted by atomic mass is 10.0. The number of phosphoric ester groups is 1. The Kier molecular flexibility index (Phi) is 46.2. The molecule has 0 saturated heterocycles. The van der Waals surface area contributed by atoms with E-state index in [-0.39, 0.29) is 19.1 Å². The number of likely N-dealkylation sites (N-methyl/N-ethyl adjacent to an activating group) is 1. The monoisotopic (exact) mass is 916 g/mol. The van der Waals surface area contributed by atoms with Gasteiger partial charge in [0.2, 0.25) is 5.91 Å². The number of aliphatic hydroxyl groups excluding tert-OH is 1. The molecule has 63 heavy (non-hydrogen) atoms. The van der Waals surface area contributed by atoms with Crippen LogP contribution in [0, 0.1) is 0 Å². The van der Waals surface area contributed by atoms with E-state index in [1.165, 1.54) is 225 Å². The number of nitrogens with zero attached hydrogens (tertiary/aromatic N) is 1. The third kappa shape index (κ3) is 49.2. The summed E-state index contributed by atoms with van der Waals surface area (Å²) in [5.41, 5.74) is 0. The quantitative estimate of drug-likeness (QED) is 0.0319. The Morgan fingerprint density at radius 3 is 1.06 bits per heavy atom. The Hall–Kier alpha value is -0.500. The third-order valence-corrected chi connectivity index (χ3v) is 14.1. The Bertz CT molecular complexity index is 994. The zero-order valence-electron chi connectivity index (χ0n) is 43.1. The first-order chi connectivity index (χ1) is 30.5. The number of hydrogen-bond donors (Lipinski definition) is 3. The molecule has 0 heterocycles. The van der Waals surface area contributed by atoms with Crippen LogP contribution in [0.2, 0.25) is 0 Å². The molecule has 0 aliphatic rings. The number of unbranched alkanes of at least 4 members (excludes halogenated alkanes) is 39. The fraction of sp³-hybridized carbons (Fsp3) is 0.981. The van der Waals surface area contributed by atoms with Gasteiger partial charge in [-0.1, -0.05) is 271 Å². The molecule has 3 atom stereocenters. The van der Waals surface area contributed by atoms with Crippen molar-refractivity contribution in [2.45, 2.75) is 302 Å². The fourth-order valence-electron chi connectivity index (χ4n) is 8.70. The number of nitrogens with one attached hydrogen (secondary N) is 1. The molecule has 0 spiro atoms. The molecule has 1 amide bonds. The van der Waals surface area contributed by atoms with Crippen molar-refractivity contribution >= 4 is 13.7 Å². The van der Waals surface area contributed by atoms with Gasteiger partial charge >= 0.3 is 7.82 Å². The second-order valence-electron chi connectivity index (χ2n) is 20.7. The smallest absolute Gasteiger partial charge is 0.391 e. The van der Waals surface area contributed by atoms with Crippen molar-refractivity contribution in [1.29, 1.82) is 0 Å². The number of aliphatic hydroxyl groups is 1. The predicted molar refractivity (Wildman–Crippen MR) is 272 cm³/mol. The number of carbonyl (C=O) groups excluding carboxylic acids is 1. The van der Waals surface area contributed by atoms with E-state index >= 15 is 0 Å². The second kappa shape index (κ2) is 46.6. The molecule has 0 fully saturated rings. The first kappa shape index (κ1) is 62.5. The van der Waals surface area contributed by atoms with Crippen molar-refractivity contribution in [1.82, 2.24) is 5.32 Å². The standard InChI is InChI=1S/C54H111N2O6P/c1-6-8-10-12-14-16-18-20-22-24-26-27-28-30-32-34-36-38-40-42-44-46-48-54(58)55-52(51-62-63(59,60)61-50-49-56(3,4)5)53(57)47-45-43-41-39-37-35-33-31-29-25-23-21-19-17-15-13-11-9-7-2/h52-53,57H,6-51H2,1-5H3,(H-,55,58,59,60)/p+1. The summed E-state index contributed by atoms with van der Waals surface area (Å²) >= 11 is 0. The topological polar surface area (TPSA) is 105 Å². The molecule has 3 unspecified atom stereocenters. The van der Waals surface area contributed by atoms with E-state index in [2.05, 4.69) is 19.2 Å². The van der Waals surface area contributed by atoms with Gasteiger partial charge in [0.15, 0.2) is 0 Å². The second-order valence-corrected chi connectivity index (χ2v) is 22.1. The average Bonchev–Trinajstić information content (AvgIpc) is 3.24. The van der Waals surface area contributed by atoms with Crippen molar-refractivity contribution in [2.24, 2.45) is 0 Å². The molecular weight excluding hydrogens is 804 g/mol. The minimum atomic E-state index is -4.32. The van der Waals surface area contributed by atoms with Gasteiger partial charge in [-0.3, -0.25) is 13.8 Å². The van der Waals surface area contributed by atoms with Crippen LogP contribution in [-0.2, 0) is 18.4 Å². The van der Waals surface area contributed by atoms with Gasteiger partial charge in [0, 0.05) is 6.42 Å². The Labute approximate surface area is 393 Å². The van der Waals surface area contributed by atoms with Crippen LogP contribution >= 0.6 is 7.82 Å². The zero-order chi connectivity index (χ0) is 46.4. The summed E-state index contributed by atoms with van der Waals surface area (Å²) < 4.78 is 23.8. The number of phosphoric acid groups is 1. The van der Waals surface area contributed by atoms with Gasteiger partial charge in [-0.15, -0.1) is 0 Å². The molecule has 378 valence electrons. The van der Waals surface area contributed by atoms with E-state index in [1.54, 1.807) is 0 Å². The van der Waals surface area contributed by atoms with Gasteiger partial charge in [-0.2, -0.15) is 0 Å². The van der Waals surface area contributed by atoms with Gasteiger partial charge < -0.3 is 19.8 Å². The summed E-state index contributed by atoms with van der Waals surface area (Å²) in [6.45, 7) is 4.94. The third-order valence-electron chi connectivity index (χ3n) is 13.1. The number of rotatable bonds is 52. The lowest BCUT2D eigenvalue weighted by molar-refractivity contribution is -0.870. The molecule has 8 nitrogen and oxygen atoms in total. The highest BCUT2D eigenvalue weighted by molar-refractivity contribution is 7.47. The van der Waals surface area contributed by atoms with Crippen LogP contribution in [0.4, 0.5) is 0 Å². The van der Waals surface area contributed by atoms with Gasteiger partial charge in [0.25, 0.3) is 0 Å². The first-order valence-electron chi connectivity index (χ1n) is 27.9. The number of hydrogen-bond acceptors (Lipinski definition) is 5. The normalized spacial score (nSPS) is 14.0. The lowest BCUT2D eigenvalue weighted by Gasteiger charge is -2.26. The molecule has 3 N–H and O–H groups in total. The molecule has 0 bridgehead atoms.